The Morgan fingerprint density at radius 2 is 2.44 bits per heavy atom. The fourth-order valence-electron chi connectivity index (χ4n) is 1.34. The van der Waals surface area contributed by atoms with Gasteiger partial charge in [0.15, 0.2) is 11.0 Å². The van der Waals surface area contributed by atoms with E-state index < -0.39 is 5.25 Å². The second-order valence-corrected chi connectivity index (χ2v) is 4.34. The lowest BCUT2D eigenvalue weighted by Gasteiger charge is -2.07. The minimum atomic E-state index is -0.701. The monoisotopic (exact) mass is 235 g/mol. The zero-order valence-corrected chi connectivity index (χ0v) is 9.41. The van der Waals surface area contributed by atoms with Crippen LogP contribution in [0.1, 0.15) is 0 Å². The van der Waals surface area contributed by atoms with E-state index in [-0.39, 0.29) is 12.4 Å². The topological polar surface area (TPSA) is 59.3 Å². The molecule has 2 rings (SSSR count). The maximum Gasteiger partial charge on any atom is 0.197 e. The predicted octanol–water partition coefficient (Wildman–Crippen LogP) is 1.64. The van der Waals surface area contributed by atoms with Crippen LogP contribution >= 0.6 is 11.8 Å². The first-order chi connectivity index (χ1) is 7.74. The van der Waals surface area contributed by atoms with Crippen LogP contribution < -0.4 is 9.47 Å². The zero-order chi connectivity index (χ0) is 11.5. The minimum Gasteiger partial charge on any atom is -0.497 e. The molecule has 0 spiro atoms. The van der Waals surface area contributed by atoms with Gasteiger partial charge in [-0.1, -0.05) is 11.8 Å². The van der Waals surface area contributed by atoms with E-state index in [9.17, 15) is 4.79 Å². The molecule has 1 atom stereocenters. The molecule has 1 aromatic carbocycles. The van der Waals surface area contributed by atoms with Gasteiger partial charge in [0, 0.05) is 0 Å². The summed E-state index contributed by atoms with van der Waals surface area (Å²) in [7, 11) is 1.57. The zero-order valence-electron chi connectivity index (χ0n) is 8.60. The van der Waals surface area contributed by atoms with Crippen molar-refractivity contribution in [1.82, 2.24) is 0 Å². The molecule has 0 fully saturated rings. The highest BCUT2D eigenvalue weighted by Crippen LogP contribution is 2.37. The lowest BCUT2D eigenvalue weighted by atomic mass is 10.3. The van der Waals surface area contributed by atoms with E-state index in [1.54, 1.807) is 25.3 Å². The largest absolute Gasteiger partial charge is 0.497 e. The van der Waals surface area contributed by atoms with Crippen LogP contribution in [-0.4, -0.2) is 24.7 Å². The molecule has 1 heterocycles. The second kappa shape index (κ2) is 4.45. The quantitative estimate of drug-likeness (QED) is 0.740. The van der Waals surface area contributed by atoms with Crippen LogP contribution in [0.2, 0.25) is 0 Å². The highest BCUT2D eigenvalue weighted by molar-refractivity contribution is 8.01. The van der Waals surface area contributed by atoms with Crippen molar-refractivity contribution in [3.05, 3.63) is 18.2 Å². The first kappa shape index (κ1) is 10.8. The average Bonchev–Trinajstić information content (AvgIpc) is 2.48. The number of ether oxygens (including phenoxy) is 2. The molecule has 0 aromatic heterocycles. The lowest BCUT2D eigenvalue weighted by molar-refractivity contribution is -0.119. The molecule has 82 valence electrons. The van der Waals surface area contributed by atoms with Gasteiger partial charge >= 0.3 is 0 Å². The van der Waals surface area contributed by atoms with Crippen LogP contribution in [0.25, 0.3) is 0 Å². The molecule has 0 saturated heterocycles. The Kier molecular flexibility index (Phi) is 3.02. The average molecular weight is 235 g/mol. The third kappa shape index (κ3) is 1.97. The van der Waals surface area contributed by atoms with E-state index in [4.69, 9.17) is 14.7 Å². The Hall–Kier alpha value is -1.67. The molecule has 0 bridgehead atoms. The van der Waals surface area contributed by atoms with Crippen LogP contribution in [0.4, 0.5) is 0 Å². The predicted molar refractivity (Wildman–Crippen MR) is 58.8 cm³/mol. The first-order valence-electron chi connectivity index (χ1n) is 4.64. The standard InChI is InChI=1S/C11H9NO3S/c1-14-7-2-3-9-10(4-7)16-11(5-12)8(13)6-15-9/h2-4,11H,6H2,1H3. The van der Waals surface area contributed by atoms with E-state index in [1.165, 1.54) is 11.8 Å². The molecular formula is C11H9NO3S. The number of ketones is 1. The molecule has 16 heavy (non-hydrogen) atoms. The summed E-state index contributed by atoms with van der Waals surface area (Å²) in [5.74, 6) is 1.10. The summed E-state index contributed by atoms with van der Waals surface area (Å²) >= 11 is 1.20. The van der Waals surface area contributed by atoms with E-state index in [2.05, 4.69) is 0 Å². The van der Waals surface area contributed by atoms with Gasteiger partial charge in [-0.2, -0.15) is 5.26 Å². The number of rotatable bonds is 1. The first-order valence-corrected chi connectivity index (χ1v) is 5.52. The van der Waals surface area contributed by atoms with Gasteiger partial charge in [0.25, 0.3) is 0 Å². The highest BCUT2D eigenvalue weighted by atomic mass is 32.2. The SMILES string of the molecule is COc1ccc2c(c1)SC(C#N)C(=O)CO2. The Morgan fingerprint density at radius 3 is 3.12 bits per heavy atom. The summed E-state index contributed by atoms with van der Waals surface area (Å²) in [6, 6.07) is 7.24. The molecular weight excluding hydrogens is 226 g/mol. The minimum absolute atomic E-state index is 0.0510. The van der Waals surface area contributed by atoms with Gasteiger partial charge in [-0.15, -0.1) is 0 Å². The summed E-state index contributed by atoms with van der Waals surface area (Å²) in [6.45, 7) is -0.0510. The molecule has 5 heteroatoms. The Morgan fingerprint density at radius 1 is 1.62 bits per heavy atom. The second-order valence-electron chi connectivity index (χ2n) is 3.19. The van der Waals surface area contributed by atoms with Crippen LogP contribution in [0.3, 0.4) is 0 Å². The number of fused-ring (bicyclic) bond motifs is 1. The Bertz CT molecular complexity index is 467. The van der Waals surface area contributed by atoms with Crippen molar-refractivity contribution in [3.63, 3.8) is 0 Å². The van der Waals surface area contributed by atoms with Gasteiger partial charge in [-0.05, 0) is 18.2 Å². The molecule has 1 aliphatic heterocycles. The fraction of sp³-hybridized carbons (Fsp3) is 0.273. The number of nitriles is 1. The third-order valence-electron chi connectivity index (χ3n) is 2.18. The van der Waals surface area contributed by atoms with Gasteiger partial charge in [0.1, 0.15) is 18.1 Å². The molecule has 1 aliphatic rings. The number of benzene rings is 1. The number of thioether (sulfide) groups is 1. The van der Waals surface area contributed by atoms with Crippen molar-refractivity contribution in [2.24, 2.45) is 0 Å². The normalized spacial score (nSPS) is 19.0. The van der Waals surface area contributed by atoms with E-state index in [0.717, 1.165) is 4.90 Å². The molecule has 0 amide bonds. The van der Waals surface area contributed by atoms with Crippen molar-refractivity contribution >= 4 is 17.5 Å². The Balaban J connectivity index is 2.37. The smallest absolute Gasteiger partial charge is 0.197 e. The molecule has 0 saturated carbocycles. The van der Waals surface area contributed by atoms with Crippen molar-refractivity contribution in [2.75, 3.05) is 13.7 Å². The Labute approximate surface area is 97.2 Å². The number of hydrogen-bond acceptors (Lipinski definition) is 5. The van der Waals surface area contributed by atoms with Gasteiger partial charge in [-0.25, -0.2) is 0 Å². The van der Waals surface area contributed by atoms with Gasteiger partial charge < -0.3 is 9.47 Å². The van der Waals surface area contributed by atoms with E-state index in [0.29, 0.717) is 11.5 Å². The third-order valence-corrected chi connectivity index (χ3v) is 3.35. The summed E-state index contributed by atoms with van der Waals surface area (Å²) < 4.78 is 10.4. The van der Waals surface area contributed by atoms with Crippen molar-refractivity contribution in [3.8, 4) is 17.6 Å². The van der Waals surface area contributed by atoms with Gasteiger partial charge in [0.2, 0.25) is 0 Å². The highest BCUT2D eigenvalue weighted by Gasteiger charge is 2.25. The summed E-state index contributed by atoms with van der Waals surface area (Å²) in [4.78, 5) is 12.2. The summed E-state index contributed by atoms with van der Waals surface area (Å²) in [6.07, 6.45) is 0. The number of carbonyl (C=O) groups is 1. The number of hydrogen-bond donors (Lipinski definition) is 0. The van der Waals surface area contributed by atoms with Crippen molar-refractivity contribution < 1.29 is 14.3 Å². The maximum atomic E-state index is 11.5. The van der Waals surface area contributed by atoms with Crippen molar-refractivity contribution in [1.29, 1.82) is 5.26 Å². The van der Waals surface area contributed by atoms with E-state index in [1.807, 2.05) is 6.07 Å². The molecule has 4 nitrogen and oxygen atoms in total. The summed E-state index contributed by atoms with van der Waals surface area (Å²) in [5.41, 5.74) is 0. The molecule has 0 N–H and O–H groups in total. The molecule has 1 aromatic rings. The van der Waals surface area contributed by atoms with Gasteiger partial charge in [-0.3, -0.25) is 4.79 Å². The number of nitrogens with zero attached hydrogens (tertiary/aromatic N) is 1. The molecule has 1 unspecified atom stereocenters. The maximum absolute atomic E-state index is 11.5. The lowest BCUT2D eigenvalue weighted by Crippen LogP contribution is -2.19. The van der Waals surface area contributed by atoms with Gasteiger partial charge in [0.05, 0.1) is 18.1 Å². The van der Waals surface area contributed by atoms with Crippen LogP contribution in [-0.2, 0) is 4.79 Å². The fourth-order valence-corrected chi connectivity index (χ4v) is 2.28. The van der Waals surface area contributed by atoms with Crippen molar-refractivity contribution in [2.45, 2.75) is 10.1 Å². The van der Waals surface area contributed by atoms with E-state index >= 15 is 0 Å². The molecule has 0 aliphatic carbocycles. The van der Waals surface area contributed by atoms with Crippen LogP contribution in [0.15, 0.2) is 23.1 Å². The summed E-state index contributed by atoms with van der Waals surface area (Å²) in [5, 5.41) is 8.16. The number of carbonyl (C=O) groups excluding carboxylic acids is 1. The number of Topliss-reactive ketones (excluding diaryl/α,β-unsaturated/α-hetero) is 1. The number of methoxy groups -OCH3 is 1. The molecule has 0 radical (unpaired) electrons. The van der Waals surface area contributed by atoms with Crippen LogP contribution in [0.5, 0.6) is 11.5 Å². The van der Waals surface area contributed by atoms with Crippen LogP contribution in [0, 0.1) is 11.3 Å².